The Hall–Kier alpha value is -2.18. The van der Waals surface area contributed by atoms with Crippen molar-refractivity contribution in [2.45, 2.75) is 0 Å². The van der Waals surface area contributed by atoms with Crippen LogP contribution in [0.2, 0.25) is 0 Å². The van der Waals surface area contributed by atoms with Crippen LogP contribution >= 0.6 is 0 Å². The summed E-state index contributed by atoms with van der Waals surface area (Å²) in [5.74, 6) is -1.98. The van der Waals surface area contributed by atoms with Gasteiger partial charge in [-0.15, -0.1) is 0 Å². The van der Waals surface area contributed by atoms with Gasteiger partial charge in [0.15, 0.2) is 0 Å². The lowest BCUT2D eigenvalue weighted by Crippen LogP contribution is -2.37. The molecule has 0 aliphatic rings. The van der Waals surface area contributed by atoms with Gasteiger partial charge in [0, 0.05) is 18.8 Å². The van der Waals surface area contributed by atoms with E-state index in [1.54, 1.807) is 0 Å². The van der Waals surface area contributed by atoms with E-state index in [0.717, 1.165) is 12.1 Å². The van der Waals surface area contributed by atoms with Crippen LogP contribution in [0.1, 0.15) is 0 Å². The summed E-state index contributed by atoms with van der Waals surface area (Å²) in [6, 6.07) is 1.89. The number of amides is 3. The molecule has 0 saturated heterocycles. The number of nitrogens with one attached hydrogen (secondary N) is 3. The third-order valence-corrected chi connectivity index (χ3v) is 1.81. The van der Waals surface area contributed by atoms with E-state index in [-0.39, 0.29) is 18.1 Å². The number of halogens is 2. The highest BCUT2D eigenvalue weighted by Gasteiger charge is 2.06. The third kappa shape index (κ3) is 4.45. The molecular formula is C10H11F2N3O2. The molecule has 0 heterocycles. The van der Waals surface area contributed by atoms with Crippen molar-refractivity contribution in [1.29, 1.82) is 0 Å². The summed E-state index contributed by atoms with van der Waals surface area (Å²) >= 11 is 0. The fraction of sp³-hybridized carbons (Fsp3) is 0.200. The summed E-state index contributed by atoms with van der Waals surface area (Å²) in [6.07, 6.45) is 0. The van der Waals surface area contributed by atoms with Crippen molar-refractivity contribution in [2.24, 2.45) is 0 Å². The number of hydrogen-bond acceptors (Lipinski definition) is 2. The van der Waals surface area contributed by atoms with Crippen LogP contribution in [0.15, 0.2) is 18.2 Å². The molecule has 0 aliphatic carbocycles. The van der Waals surface area contributed by atoms with Crippen LogP contribution < -0.4 is 16.0 Å². The van der Waals surface area contributed by atoms with Crippen LogP contribution in [0.3, 0.4) is 0 Å². The minimum atomic E-state index is -0.799. The zero-order chi connectivity index (χ0) is 12.8. The molecule has 0 aliphatic heterocycles. The number of carbonyl (C=O) groups excluding carboxylic acids is 2. The zero-order valence-corrected chi connectivity index (χ0v) is 9.01. The largest absolute Gasteiger partial charge is 0.358 e. The van der Waals surface area contributed by atoms with Crippen LogP contribution in [0, 0.1) is 11.6 Å². The lowest BCUT2D eigenvalue weighted by molar-refractivity contribution is -0.119. The first-order chi connectivity index (χ1) is 8.01. The standard InChI is InChI=1S/C10H11F2N3O2/c1-13-9(16)5-14-10(17)15-8-3-6(11)2-7(12)4-8/h2-4H,5H2,1H3,(H,13,16)(H2,14,15,17). The summed E-state index contributed by atoms with van der Waals surface area (Å²) in [5, 5.41) is 6.71. The average Bonchev–Trinajstić information content (AvgIpc) is 2.24. The minimum Gasteiger partial charge on any atom is -0.358 e. The first-order valence-electron chi connectivity index (χ1n) is 4.73. The monoisotopic (exact) mass is 243 g/mol. The maximum Gasteiger partial charge on any atom is 0.319 e. The Labute approximate surface area is 96.2 Å². The molecular weight excluding hydrogens is 232 g/mol. The van der Waals surface area contributed by atoms with E-state index in [0.29, 0.717) is 6.07 Å². The van der Waals surface area contributed by atoms with E-state index in [4.69, 9.17) is 0 Å². The molecule has 0 bridgehead atoms. The van der Waals surface area contributed by atoms with Crippen LogP contribution in [-0.4, -0.2) is 25.5 Å². The van der Waals surface area contributed by atoms with Gasteiger partial charge in [-0.2, -0.15) is 0 Å². The SMILES string of the molecule is CNC(=O)CNC(=O)Nc1cc(F)cc(F)c1. The smallest absolute Gasteiger partial charge is 0.319 e. The summed E-state index contributed by atoms with van der Waals surface area (Å²) < 4.78 is 25.5. The van der Waals surface area contributed by atoms with Crippen molar-refractivity contribution in [2.75, 3.05) is 18.9 Å². The predicted molar refractivity (Wildman–Crippen MR) is 57.4 cm³/mol. The molecule has 1 rings (SSSR count). The second kappa shape index (κ2) is 5.78. The average molecular weight is 243 g/mol. The number of hydrogen-bond donors (Lipinski definition) is 3. The molecule has 0 unspecified atom stereocenters. The van der Waals surface area contributed by atoms with E-state index >= 15 is 0 Å². The highest BCUT2D eigenvalue weighted by molar-refractivity contribution is 5.92. The number of anilines is 1. The van der Waals surface area contributed by atoms with Crippen molar-refractivity contribution < 1.29 is 18.4 Å². The second-order valence-corrected chi connectivity index (χ2v) is 3.14. The summed E-state index contributed by atoms with van der Waals surface area (Å²) in [7, 11) is 1.42. The molecule has 92 valence electrons. The summed E-state index contributed by atoms with van der Waals surface area (Å²) in [6.45, 7) is -0.222. The van der Waals surface area contributed by atoms with Gasteiger partial charge >= 0.3 is 6.03 Å². The van der Waals surface area contributed by atoms with Crippen molar-refractivity contribution in [3.8, 4) is 0 Å². The quantitative estimate of drug-likeness (QED) is 0.736. The molecule has 0 spiro atoms. The minimum absolute atomic E-state index is 0.0306. The molecule has 0 aromatic heterocycles. The first-order valence-corrected chi connectivity index (χ1v) is 4.73. The number of likely N-dealkylation sites (N-methyl/N-ethyl adjacent to an activating group) is 1. The molecule has 1 aromatic carbocycles. The third-order valence-electron chi connectivity index (χ3n) is 1.81. The topological polar surface area (TPSA) is 70.2 Å². The highest BCUT2D eigenvalue weighted by Crippen LogP contribution is 2.12. The van der Waals surface area contributed by atoms with Crippen molar-refractivity contribution in [3.05, 3.63) is 29.8 Å². The molecule has 0 atom stereocenters. The van der Waals surface area contributed by atoms with Crippen molar-refractivity contribution in [3.63, 3.8) is 0 Å². The molecule has 17 heavy (non-hydrogen) atoms. The molecule has 1 aromatic rings. The molecule has 3 amide bonds. The Balaban J connectivity index is 2.53. The van der Waals surface area contributed by atoms with Gasteiger partial charge in [-0.25, -0.2) is 13.6 Å². The van der Waals surface area contributed by atoms with Gasteiger partial charge in [0.05, 0.1) is 6.54 Å². The number of urea groups is 1. The lowest BCUT2D eigenvalue weighted by atomic mass is 10.3. The molecule has 0 radical (unpaired) electrons. The van der Waals surface area contributed by atoms with Crippen LogP contribution in [0.5, 0.6) is 0 Å². The van der Waals surface area contributed by atoms with Gasteiger partial charge in [0.25, 0.3) is 0 Å². The number of benzene rings is 1. The van der Waals surface area contributed by atoms with Gasteiger partial charge in [-0.3, -0.25) is 4.79 Å². The van der Waals surface area contributed by atoms with E-state index in [9.17, 15) is 18.4 Å². The van der Waals surface area contributed by atoms with Gasteiger partial charge in [0.1, 0.15) is 11.6 Å². The number of rotatable bonds is 3. The van der Waals surface area contributed by atoms with Crippen molar-refractivity contribution >= 4 is 17.6 Å². The van der Waals surface area contributed by atoms with E-state index in [1.807, 2.05) is 0 Å². The first kappa shape index (κ1) is 12.9. The Morgan fingerprint density at radius 1 is 1.18 bits per heavy atom. The van der Waals surface area contributed by atoms with E-state index in [2.05, 4.69) is 16.0 Å². The summed E-state index contributed by atoms with van der Waals surface area (Å²) in [4.78, 5) is 22.0. The normalized spacial score (nSPS) is 9.59. The lowest BCUT2D eigenvalue weighted by Gasteiger charge is -2.07. The van der Waals surface area contributed by atoms with Gasteiger partial charge in [-0.1, -0.05) is 0 Å². The van der Waals surface area contributed by atoms with Crippen LogP contribution in [-0.2, 0) is 4.79 Å². The van der Waals surface area contributed by atoms with Crippen LogP contribution in [0.4, 0.5) is 19.3 Å². The van der Waals surface area contributed by atoms with Gasteiger partial charge < -0.3 is 16.0 Å². The molecule has 3 N–H and O–H groups in total. The van der Waals surface area contributed by atoms with Crippen LogP contribution in [0.25, 0.3) is 0 Å². The molecule has 0 saturated carbocycles. The van der Waals surface area contributed by atoms with Crippen molar-refractivity contribution in [1.82, 2.24) is 10.6 Å². The summed E-state index contributed by atoms with van der Waals surface area (Å²) in [5.41, 5.74) is -0.0306. The molecule has 0 fully saturated rings. The molecule has 5 nitrogen and oxygen atoms in total. The maximum atomic E-state index is 12.8. The predicted octanol–water partition coefficient (Wildman–Crippen LogP) is 0.832. The fourth-order valence-electron chi connectivity index (χ4n) is 1.05. The second-order valence-electron chi connectivity index (χ2n) is 3.14. The Kier molecular flexibility index (Phi) is 4.38. The zero-order valence-electron chi connectivity index (χ0n) is 9.01. The Morgan fingerprint density at radius 3 is 2.29 bits per heavy atom. The van der Waals surface area contributed by atoms with Gasteiger partial charge in [-0.05, 0) is 12.1 Å². The Morgan fingerprint density at radius 2 is 1.76 bits per heavy atom. The highest BCUT2D eigenvalue weighted by atomic mass is 19.1. The molecule has 7 heteroatoms. The van der Waals surface area contributed by atoms with E-state index < -0.39 is 17.7 Å². The van der Waals surface area contributed by atoms with E-state index in [1.165, 1.54) is 7.05 Å². The fourth-order valence-corrected chi connectivity index (χ4v) is 1.05. The van der Waals surface area contributed by atoms with Gasteiger partial charge in [0.2, 0.25) is 5.91 Å². The number of carbonyl (C=O) groups is 2. The maximum absolute atomic E-state index is 12.8. The Bertz CT molecular complexity index is 417.